The highest BCUT2D eigenvalue weighted by Gasteiger charge is 2.53. The molecule has 2 aromatic rings. The van der Waals surface area contributed by atoms with Crippen LogP contribution >= 0.6 is 0 Å². The number of hydrogen-bond acceptors (Lipinski definition) is 13. The number of hydrogen-bond donors (Lipinski definition) is 2. The number of ether oxygens (including phenoxy) is 7. The van der Waals surface area contributed by atoms with Crippen molar-refractivity contribution in [2.45, 2.75) is 91.0 Å². The van der Waals surface area contributed by atoms with E-state index in [0.29, 0.717) is 30.8 Å². The molecule has 1 aliphatic heterocycles. The second-order valence-corrected chi connectivity index (χ2v) is 10.5. The summed E-state index contributed by atoms with van der Waals surface area (Å²) < 4.78 is 39.5. The number of esters is 4. The van der Waals surface area contributed by atoms with Gasteiger partial charge in [0.2, 0.25) is 18.3 Å². The Labute approximate surface area is 255 Å². The van der Waals surface area contributed by atoms with E-state index in [1.165, 1.54) is 6.92 Å². The molecule has 14 heteroatoms. The molecule has 1 aromatic heterocycles. The SMILES string of the molecule is CC(=O)OC[C@H]1OC(Oc2n[nH]c(C(C)C)c2Cc2ccc(OCCCO)cc2)[C@H](OC(C)=O)[C@@H](OC(C)=O)[C@@H]1OC(C)=O. The van der Waals surface area contributed by atoms with Crippen molar-refractivity contribution >= 4 is 23.9 Å². The number of benzene rings is 1. The molecule has 1 fully saturated rings. The second kappa shape index (κ2) is 16.1. The second-order valence-electron chi connectivity index (χ2n) is 10.5. The van der Waals surface area contributed by atoms with Crippen molar-refractivity contribution < 1.29 is 57.4 Å². The largest absolute Gasteiger partial charge is 0.494 e. The number of rotatable bonds is 14. The molecular formula is C30H40N2O12. The fourth-order valence-electron chi connectivity index (χ4n) is 4.66. The van der Waals surface area contributed by atoms with Gasteiger partial charge in [0, 0.05) is 58.4 Å². The van der Waals surface area contributed by atoms with Gasteiger partial charge in [0.15, 0.2) is 12.2 Å². The van der Waals surface area contributed by atoms with Crippen LogP contribution in [0.5, 0.6) is 11.6 Å². The van der Waals surface area contributed by atoms with Crippen molar-refractivity contribution in [1.29, 1.82) is 0 Å². The van der Waals surface area contributed by atoms with Crippen LogP contribution in [-0.4, -0.2) is 89.7 Å². The lowest BCUT2D eigenvalue weighted by atomic mass is 9.97. The zero-order valence-corrected chi connectivity index (χ0v) is 25.7. The van der Waals surface area contributed by atoms with E-state index in [-0.39, 0.29) is 25.0 Å². The predicted octanol–water partition coefficient (Wildman–Crippen LogP) is 2.35. The first kappa shape index (κ1) is 34.3. The molecule has 0 spiro atoms. The van der Waals surface area contributed by atoms with Gasteiger partial charge in [-0.2, -0.15) is 0 Å². The first-order valence-electron chi connectivity index (χ1n) is 14.3. The van der Waals surface area contributed by atoms with E-state index in [9.17, 15) is 19.2 Å². The summed E-state index contributed by atoms with van der Waals surface area (Å²) in [6.07, 6.45) is -5.73. The van der Waals surface area contributed by atoms with Crippen molar-refractivity contribution in [1.82, 2.24) is 10.2 Å². The number of H-pyrrole nitrogens is 1. The maximum atomic E-state index is 12.2. The average molecular weight is 621 g/mol. The highest BCUT2D eigenvalue weighted by Crippen LogP contribution is 2.34. The van der Waals surface area contributed by atoms with Gasteiger partial charge in [0.25, 0.3) is 0 Å². The minimum Gasteiger partial charge on any atom is -0.494 e. The summed E-state index contributed by atoms with van der Waals surface area (Å²) in [6.45, 7) is 8.65. The van der Waals surface area contributed by atoms with Crippen molar-refractivity contribution in [3.05, 3.63) is 41.1 Å². The van der Waals surface area contributed by atoms with Gasteiger partial charge < -0.3 is 38.3 Å². The summed E-state index contributed by atoms with van der Waals surface area (Å²) in [6, 6.07) is 7.43. The molecule has 2 N–H and O–H groups in total. The van der Waals surface area contributed by atoms with Gasteiger partial charge >= 0.3 is 23.9 Å². The van der Waals surface area contributed by atoms with Crippen molar-refractivity contribution in [2.24, 2.45) is 0 Å². The first-order valence-corrected chi connectivity index (χ1v) is 14.3. The topological polar surface area (TPSA) is 182 Å². The Morgan fingerprint density at radius 1 is 0.909 bits per heavy atom. The third-order valence-corrected chi connectivity index (χ3v) is 6.49. The molecule has 5 atom stereocenters. The highest BCUT2D eigenvalue weighted by atomic mass is 16.7. The van der Waals surface area contributed by atoms with Crippen LogP contribution in [0.1, 0.15) is 70.7 Å². The molecule has 0 radical (unpaired) electrons. The molecule has 2 heterocycles. The Morgan fingerprint density at radius 2 is 1.52 bits per heavy atom. The van der Waals surface area contributed by atoms with E-state index in [1.807, 2.05) is 38.1 Å². The summed E-state index contributed by atoms with van der Waals surface area (Å²) in [5, 5.41) is 16.3. The number of nitrogens with zero attached hydrogens (tertiary/aromatic N) is 1. The molecule has 0 saturated carbocycles. The fourth-order valence-corrected chi connectivity index (χ4v) is 4.66. The predicted molar refractivity (Wildman–Crippen MR) is 152 cm³/mol. The van der Waals surface area contributed by atoms with Crippen LogP contribution in [0.3, 0.4) is 0 Å². The molecular weight excluding hydrogens is 580 g/mol. The maximum absolute atomic E-state index is 12.2. The van der Waals surface area contributed by atoms with Crippen LogP contribution in [0.4, 0.5) is 0 Å². The zero-order chi connectivity index (χ0) is 32.4. The van der Waals surface area contributed by atoms with Gasteiger partial charge in [-0.05, 0) is 23.6 Å². The molecule has 1 aromatic carbocycles. The average Bonchev–Trinajstić information content (AvgIpc) is 3.33. The normalized spacial score (nSPS) is 21.3. The van der Waals surface area contributed by atoms with E-state index < -0.39 is 54.6 Å². The van der Waals surface area contributed by atoms with Gasteiger partial charge in [0.05, 0.1) is 6.61 Å². The number of carbonyl (C=O) groups excluding carboxylic acids is 4. The Hall–Kier alpha value is -4.17. The number of aliphatic hydroxyl groups excluding tert-OH is 1. The Balaban J connectivity index is 1.98. The van der Waals surface area contributed by atoms with Crippen molar-refractivity contribution in [3.8, 4) is 11.6 Å². The molecule has 1 unspecified atom stereocenters. The smallest absolute Gasteiger partial charge is 0.303 e. The number of aliphatic hydroxyl groups is 1. The van der Waals surface area contributed by atoms with E-state index in [4.69, 9.17) is 38.3 Å². The zero-order valence-electron chi connectivity index (χ0n) is 25.7. The number of carbonyl (C=O) groups is 4. The van der Waals surface area contributed by atoms with Crippen LogP contribution in [0.15, 0.2) is 24.3 Å². The number of nitrogens with one attached hydrogen (secondary N) is 1. The Morgan fingerprint density at radius 3 is 2.09 bits per heavy atom. The monoisotopic (exact) mass is 620 g/mol. The van der Waals surface area contributed by atoms with Gasteiger partial charge in [-0.15, -0.1) is 5.10 Å². The molecule has 44 heavy (non-hydrogen) atoms. The van der Waals surface area contributed by atoms with E-state index >= 15 is 0 Å². The highest BCUT2D eigenvalue weighted by molar-refractivity contribution is 5.68. The Bertz CT molecular complexity index is 1280. The van der Waals surface area contributed by atoms with E-state index in [0.717, 1.165) is 32.0 Å². The molecule has 1 saturated heterocycles. The van der Waals surface area contributed by atoms with Gasteiger partial charge in [-0.1, -0.05) is 26.0 Å². The molecule has 0 amide bonds. The lowest BCUT2D eigenvalue weighted by molar-refractivity contribution is -0.289. The lowest BCUT2D eigenvalue weighted by Gasteiger charge is -2.43. The third kappa shape index (κ3) is 9.67. The molecule has 3 rings (SSSR count). The van der Waals surface area contributed by atoms with E-state index in [1.54, 1.807) is 0 Å². The molecule has 242 valence electrons. The first-order chi connectivity index (χ1) is 20.9. The molecule has 0 aliphatic carbocycles. The summed E-state index contributed by atoms with van der Waals surface area (Å²) in [5.74, 6) is -2.03. The van der Waals surface area contributed by atoms with Crippen LogP contribution in [0.2, 0.25) is 0 Å². The van der Waals surface area contributed by atoms with Crippen molar-refractivity contribution in [2.75, 3.05) is 19.8 Å². The number of aromatic amines is 1. The van der Waals surface area contributed by atoms with Crippen LogP contribution < -0.4 is 9.47 Å². The summed E-state index contributed by atoms with van der Waals surface area (Å²) >= 11 is 0. The molecule has 14 nitrogen and oxygen atoms in total. The van der Waals surface area contributed by atoms with Crippen molar-refractivity contribution in [3.63, 3.8) is 0 Å². The van der Waals surface area contributed by atoms with E-state index in [2.05, 4.69) is 10.2 Å². The minimum atomic E-state index is -1.42. The van der Waals surface area contributed by atoms with Crippen LogP contribution in [0.25, 0.3) is 0 Å². The van der Waals surface area contributed by atoms with Gasteiger partial charge in [-0.25, -0.2) is 0 Å². The number of aromatic nitrogens is 2. The van der Waals surface area contributed by atoms with Gasteiger partial charge in [-0.3, -0.25) is 24.3 Å². The van der Waals surface area contributed by atoms with Gasteiger partial charge in [0.1, 0.15) is 18.5 Å². The quantitative estimate of drug-likeness (QED) is 0.179. The minimum absolute atomic E-state index is 0.0198. The van der Waals surface area contributed by atoms with Crippen LogP contribution in [-0.2, 0) is 49.3 Å². The fraction of sp³-hybridized carbons (Fsp3) is 0.567. The Kier molecular flexibility index (Phi) is 12.5. The van der Waals surface area contributed by atoms with Crippen LogP contribution in [0, 0.1) is 0 Å². The third-order valence-electron chi connectivity index (χ3n) is 6.49. The lowest BCUT2D eigenvalue weighted by Crippen LogP contribution is -2.63. The standard InChI is InChI=1S/C30H40N2O12/c1-16(2)25-23(14-21-8-10-22(11-9-21)38-13-7-12-33)29(32-31-25)44-30-28(42-20(6)37)27(41-19(5)36)26(40-18(4)35)24(43-30)15-39-17(3)34/h8-11,16,24,26-28,30,33H,7,12-15H2,1-6H3,(H,31,32)/t24-,26-,27+,28-,30?/m1/s1. The summed E-state index contributed by atoms with van der Waals surface area (Å²) in [4.78, 5) is 47.9. The molecule has 0 bridgehead atoms. The molecule has 1 aliphatic rings. The maximum Gasteiger partial charge on any atom is 0.303 e. The summed E-state index contributed by atoms with van der Waals surface area (Å²) in [5.41, 5.74) is 2.39. The summed E-state index contributed by atoms with van der Waals surface area (Å²) in [7, 11) is 0.